The molecule has 0 aliphatic heterocycles. The average Bonchev–Trinajstić information content (AvgIpc) is 2.96. The number of ketones is 1. The molecule has 0 aromatic heterocycles. The van der Waals surface area contributed by atoms with Gasteiger partial charge in [-0.25, -0.2) is 4.79 Å². The number of hydrogen-bond donors (Lipinski definition) is 4. The smallest absolute Gasteiger partial charge is 0.408 e. The van der Waals surface area contributed by atoms with E-state index in [1.807, 2.05) is 31.2 Å². The van der Waals surface area contributed by atoms with Crippen molar-refractivity contribution >= 4 is 35.6 Å². The van der Waals surface area contributed by atoms with Crippen molar-refractivity contribution in [2.45, 2.75) is 84.7 Å². The van der Waals surface area contributed by atoms with Gasteiger partial charge in [-0.3, -0.25) is 24.0 Å². The zero-order valence-corrected chi connectivity index (χ0v) is 26.0. The SMILES string of the molecule is CCCC(NC(=O)[C@@H](NC(=O)[C@H](C)NC(=O)OC(C)(C)C)c1ccccc1)C(=O)C(=O)NCC(=O)OCc1ccc(C)cc1. The first-order valence-corrected chi connectivity index (χ1v) is 14.4. The number of carbonyl (C=O) groups is 6. The van der Waals surface area contributed by atoms with Gasteiger partial charge in [0.1, 0.15) is 30.8 Å². The number of alkyl carbamates (subject to hydrolysis) is 1. The van der Waals surface area contributed by atoms with Crippen molar-refractivity contribution < 1.29 is 38.2 Å². The minimum absolute atomic E-state index is 0.00987. The molecule has 0 radical (unpaired) electrons. The number of esters is 1. The normalized spacial score (nSPS) is 13.0. The molecular weight excluding hydrogens is 568 g/mol. The summed E-state index contributed by atoms with van der Waals surface area (Å²) < 4.78 is 10.3. The van der Waals surface area contributed by atoms with Crippen LogP contribution in [0, 0.1) is 6.92 Å². The summed E-state index contributed by atoms with van der Waals surface area (Å²) in [6.45, 7) is 9.65. The Bertz CT molecular complexity index is 1310. The van der Waals surface area contributed by atoms with Crippen LogP contribution in [0.5, 0.6) is 0 Å². The number of hydrogen-bond acceptors (Lipinski definition) is 8. The van der Waals surface area contributed by atoms with Gasteiger partial charge in [0.05, 0.1) is 6.04 Å². The molecule has 0 aliphatic carbocycles. The highest BCUT2D eigenvalue weighted by Crippen LogP contribution is 2.15. The van der Waals surface area contributed by atoms with Crippen molar-refractivity contribution in [3.8, 4) is 0 Å². The van der Waals surface area contributed by atoms with Crippen LogP contribution in [-0.2, 0) is 40.1 Å². The second-order valence-electron chi connectivity index (χ2n) is 11.3. The first-order valence-electron chi connectivity index (χ1n) is 14.4. The van der Waals surface area contributed by atoms with Gasteiger partial charge < -0.3 is 30.7 Å². The molecule has 0 bridgehead atoms. The number of nitrogens with one attached hydrogen (secondary N) is 4. The van der Waals surface area contributed by atoms with E-state index < -0.39 is 65.8 Å². The molecule has 0 saturated carbocycles. The number of carbonyl (C=O) groups excluding carboxylic acids is 6. The third kappa shape index (κ3) is 12.2. The first kappa shape index (κ1) is 35.5. The fourth-order valence-corrected chi connectivity index (χ4v) is 3.87. The van der Waals surface area contributed by atoms with Crippen LogP contribution in [0.2, 0.25) is 0 Å². The van der Waals surface area contributed by atoms with Gasteiger partial charge in [-0.2, -0.15) is 0 Å². The number of ether oxygens (including phenoxy) is 2. The fourth-order valence-electron chi connectivity index (χ4n) is 3.87. The molecule has 4 N–H and O–H groups in total. The predicted octanol–water partition coefficient (Wildman–Crippen LogP) is 2.78. The molecular formula is C32H42N4O8. The zero-order chi connectivity index (χ0) is 32.9. The van der Waals surface area contributed by atoms with Gasteiger partial charge in [0.2, 0.25) is 17.6 Å². The Balaban J connectivity index is 2.04. The van der Waals surface area contributed by atoms with Gasteiger partial charge in [0, 0.05) is 0 Å². The van der Waals surface area contributed by atoms with E-state index >= 15 is 0 Å². The van der Waals surface area contributed by atoms with E-state index in [2.05, 4.69) is 21.3 Å². The Morgan fingerprint density at radius 2 is 1.48 bits per heavy atom. The fraction of sp³-hybridized carbons (Fsp3) is 0.438. The molecule has 44 heavy (non-hydrogen) atoms. The maximum absolute atomic E-state index is 13.4. The second kappa shape index (κ2) is 16.8. The molecule has 0 spiro atoms. The molecule has 0 heterocycles. The summed E-state index contributed by atoms with van der Waals surface area (Å²) in [7, 11) is 0. The van der Waals surface area contributed by atoms with E-state index in [9.17, 15) is 28.8 Å². The highest BCUT2D eigenvalue weighted by atomic mass is 16.6. The van der Waals surface area contributed by atoms with Crippen LogP contribution >= 0.6 is 0 Å². The summed E-state index contributed by atoms with van der Waals surface area (Å²) in [4.78, 5) is 76.3. The molecule has 2 aromatic carbocycles. The Kier molecular flexibility index (Phi) is 13.5. The number of Topliss-reactive ketones (excluding diaryl/α,β-unsaturated/α-hetero) is 1. The van der Waals surface area contributed by atoms with E-state index in [4.69, 9.17) is 9.47 Å². The van der Waals surface area contributed by atoms with Crippen molar-refractivity contribution in [3.63, 3.8) is 0 Å². The summed E-state index contributed by atoms with van der Waals surface area (Å²) in [6, 6.07) is 12.1. The molecule has 2 rings (SSSR count). The topological polar surface area (TPSA) is 169 Å². The molecule has 4 amide bonds. The average molecular weight is 611 g/mol. The number of aryl methyl sites for hydroxylation is 1. The quantitative estimate of drug-likeness (QED) is 0.187. The van der Waals surface area contributed by atoms with Crippen molar-refractivity contribution in [1.82, 2.24) is 21.3 Å². The summed E-state index contributed by atoms with van der Waals surface area (Å²) in [5, 5.41) is 9.82. The molecule has 238 valence electrons. The predicted molar refractivity (Wildman–Crippen MR) is 162 cm³/mol. The van der Waals surface area contributed by atoms with Gasteiger partial charge >= 0.3 is 12.1 Å². The Labute approximate surface area is 257 Å². The van der Waals surface area contributed by atoms with Crippen molar-refractivity contribution in [2.24, 2.45) is 0 Å². The molecule has 3 atom stereocenters. The number of rotatable bonds is 14. The molecule has 0 fully saturated rings. The Hall–Kier alpha value is -4.74. The van der Waals surface area contributed by atoms with E-state index in [1.165, 1.54) is 6.92 Å². The van der Waals surface area contributed by atoms with Gasteiger partial charge in [0.15, 0.2) is 0 Å². The lowest BCUT2D eigenvalue weighted by molar-refractivity contribution is -0.146. The Morgan fingerprint density at radius 3 is 2.07 bits per heavy atom. The lowest BCUT2D eigenvalue weighted by Gasteiger charge is -2.25. The van der Waals surface area contributed by atoms with Crippen molar-refractivity contribution in [2.75, 3.05) is 6.54 Å². The first-order chi connectivity index (χ1) is 20.7. The third-order valence-corrected chi connectivity index (χ3v) is 6.16. The van der Waals surface area contributed by atoms with E-state index in [0.29, 0.717) is 12.0 Å². The van der Waals surface area contributed by atoms with Crippen LogP contribution in [0.15, 0.2) is 54.6 Å². The van der Waals surface area contributed by atoms with Crippen LogP contribution in [0.1, 0.15) is 70.2 Å². The highest BCUT2D eigenvalue weighted by Gasteiger charge is 2.32. The van der Waals surface area contributed by atoms with Crippen LogP contribution in [0.3, 0.4) is 0 Å². The summed E-state index contributed by atoms with van der Waals surface area (Å²) >= 11 is 0. The third-order valence-electron chi connectivity index (χ3n) is 6.16. The molecule has 0 aliphatic rings. The van der Waals surface area contributed by atoms with Crippen LogP contribution < -0.4 is 21.3 Å². The maximum atomic E-state index is 13.4. The summed E-state index contributed by atoms with van der Waals surface area (Å²) in [5.41, 5.74) is 1.46. The molecule has 1 unspecified atom stereocenters. The second-order valence-corrected chi connectivity index (χ2v) is 11.3. The standard InChI is InChI=1S/C32H42N4O8/c1-7-11-24(27(38)30(41)33-18-25(37)43-19-22-16-14-20(2)15-17-22)35-29(40)26(23-12-9-8-10-13-23)36-28(39)21(3)34-31(42)44-32(4,5)6/h8-10,12-17,21,24,26H,7,11,18-19H2,1-6H3,(H,33,41)(H,34,42)(H,35,40)(H,36,39)/t21-,24?,26-/m0/s1. The number of benzene rings is 2. The largest absolute Gasteiger partial charge is 0.460 e. The van der Waals surface area contributed by atoms with Gasteiger partial charge in [-0.05, 0) is 52.2 Å². The van der Waals surface area contributed by atoms with Crippen molar-refractivity contribution in [1.29, 1.82) is 0 Å². The minimum atomic E-state index is -1.25. The Morgan fingerprint density at radius 1 is 0.841 bits per heavy atom. The monoisotopic (exact) mass is 610 g/mol. The molecule has 12 nitrogen and oxygen atoms in total. The van der Waals surface area contributed by atoms with E-state index in [-0.39, 0.29) is 13.0 Å². The van der Waals surface area contributed by atoms with Gasteiger partial charge in [-0.1, -0.05) is 73.5 Å². The van der Waals surface area contributed by atoms with Gasteiger partial charge in [-0.15, -0.1) is 0 Å². The lowest BCUT2D eigenvalue weighted by Crippen LogP contribution is -2.53. The molecule has 2 aromatic rings. The summed E-state index contributed by atoms with van der Waals surface area (Å²) in [6.07, 6.45) is -0.233. The zero-order valence-electron chi connectivity index (χ0n) is 26.0. The summed E-state index contributed by atoms with van der Waals surface area (Å²) in [5.74, 6) is -4.17. The van der Waals surface area contributed by atoms with Crippen LogP contribution in [-0.4, -0.2) is 59.8 Å². The van der Waals surface area contributed by atoms with Crippen molar-refractivity contribution in [3.05, 3.63) is 71.3 Å². The number of amides is 4. The lowest BCUT2D eigenvalue weighted by atomic mass is 10.0. The molecule has 0 saturated heterocycles. The van der Waals surface area contributed by atoms with Gasteiger partial charge in [0.25, 0.3) is 5.91 Å². The van der Waals surface area contributed by atoms with E-state index in [1.54, 1.807) is 58.0 Å². The van der Waals surface area contributed by atoms with E-state index in [0.717, 1.165) is 11.1 Å². The molecule has 12 heteroatoms. The minimum Gasteiger partial charge on any atom is -0.460 e. The van der Waals surface area contributed by atoms with Crippen LogP contribution in [0.4, 0.5) is 4.79 Å². The maximum Gasteiger partial charge on any atom is 0.408 e. The van der Waals surface area contributed by atoms with Crippen LogP contribution in [0.25, 0.3) is 0 Å². The highest BCUT2D eigenvalue weighted by molar-refractivity contribution is 6.38.